The van der Waals surface area contributed by atoms with Crippen molar-refractivity contribution in [2.45, 2.75) is 12.3 Å². The van der Waals surface area contributed by atoms with E-state index >= 15 is 0 Å². The maximum atomic E-state index is 10.5. The Morgan fingerprint density at radius 1 is 1.65 bits per heavy atom. The molecule has 1 aromatic rings. The fourth-order valence-electron chi connectivity index (χ4n) is 1.14. The van der Waals surface area contributed by atoms with Gasteiger partial charge in [-0.25, -0.2) is 0 Å². The number of hydrogen-bond donors (Lipinski definition) is 1. The highest BCUT2D eigenvalue weighted by Crippen LogP contribution is 2.23. The molecule has 92 valence electrons. The SMILES string of the molecule is Cc1cc([N+](=O)[O-])ccc1OCC(Cl)C(=O)O. The lowest BCUT2D eigenvalue weighted by Crippen LogP contribution is -2.21. The van der Waals surface area contributed by atoms with E-state index in [0.717, 1.165) is 0 Å². The summed E-state index contributed by atoms with van der Waals surface area (Å²) in [6.07, 6.45) is 0. The Hall–Kier alpha value is -1.82. The zero-order valence-corrected chi connectivity index (χ0v) is 9.68. The zero-order valence-electron chi connectivity index (χ0n) is 8.92. The summed E-state index contributed by atoms with van der Waals surface area (Å²) in [5.74, 6) is -0.797. The van der Waals surface area contributed by atoms with Crippen LogP contribution in [0.3, 0.4) is 0 Å². The van der Waals surface area contributed by atoms with Gasteiger partial charge in [0.25, 0.3) is 5.69 Å². The van der Waals surface area contributed by atoms with Crippen molar-refractivity contribution >= 4 is 23.3 Å². The van der Waals surface area contributed by atoms with Gasteiger partial charge in [0.05, 0.1) is 4.92 Å². The van der Waals surface area contributed by atoms with Gasteiger partial charge in [-0.05, 0) is 18.6 Å². The predicted octanol–water partition coefficient (Wildman–Crippen LogP) is 1.97. The minimum Gasteiger partial charge on any atom is -0.491 e. The van der Waals surface area contributed by atoms with E-state index in [2.05, 4.69) is 0 Å². The quantitative estimate of drug-likeness (QED) is 0.496. The van der Waals surface area contributed by atoms with Crippen LogP contribution in [0.2, 0.25) is 0 Å². The van der Waals surface area contributed by atoms with Crippen LogP contribution in [-0.4, -0.2) is 28.0 Å². The molecule has 17 heavy (non-hydrogen) atoms. The van der Waals surface area contributed by atoms with Crippen LogP contribution in [0, 0.1) is 17.0 Å². The first-order chi connectivity index (χ1) is 7.91. The molecule has 0 aliphatic rings. The molecule has 0 radical (unpaired) electrons. The molecule has 0 bridgehead atoms. The van der Waals surface area contributed by atoms with Crippen LogP contribution in [0.25, 0.3) is 0 Å². The van der Waals surface area contributed by atoms with Crippen LogP contribution in [-0.2, 0) is 4.79 Å². The molecule has 0 spiro atoms. The van der Waals surface area contributed by atoms with E-state index in [1.807, 2.05) is 0 Å². The number of nitro groups is 1. The smallest absolute Gasteiger partial charge is 0.325 e. The summed E-state index contributed by atoms with van der Waals surface area (Å²) in [4.78, 5) is 20.4. The number of nitro benzene ring substituents is 1. The second kappa shape index (κ2) is 5.49. The molecule has 0 amide bonds. The van der Waals surface area contributed by atoms with Crippen molar-refractivity contribution in [1.29, 1.82) is 0 Å². The number of carboxylic acid groups (broad SMARTS) is 1. The molecule has 0 fully saturated rings. The number of non-ortho nitro benzene ring substituents is 1. The van der Waals surface area contributed by atoms with Gasteiger partial charge in [-0.1, -0.05) is 0 Å². The first-order valence-corrected chi connectivity index (χ1v) is 5.10. The summed E-state index contributed by atoms with van der Waals surface area (Å²) in [6.45, 7) is 1.43. The molecule has 1 unspecified atom stereocenters. The molecule has 1 atom stereocenters. The van der Waals surface area contributed by atoms with Gasteiger partial charge in [0.1, 0.15) is 12.4 Å². The maximum Gasteiger partial charge on any atom is 0.325 e. The third kappa shape index (κ3) is 3.60. The maximum absolute atomic E-state index is 10.5. The second-order valence-electron chi connectivity index (χ2n) is 3.32. The van der Waals surface area contributed by atoms with Crippen LogP contribution >= 0.6 is 11.6 Å². The first kappa shape index (κ1) is 13.2. The summed E-state index contributed by atoms with van der Waals surface area (Å²) in [7, 11) is 0. The lowest BCUT2D eigenvalue weighted by atomic mass is 10.2. The molecule has 0 saturated carbocycles. The topological polar surface area (TPSA) is 89.7 Å². The second-order valence-corrected chi connectivity index (χ2v) is 3.85. The highest BCUT2D eigenvalue weighted by molar-refractivity contribution is 6.29. The zero-order chi connectivity index (χ0) is 13.0. The van der Waals surface area contributed by atoms with Crippen LogP contribution < -0.4 is 4.74 Å². The van der Waals surface area contributed by atoms with Gasteiger partial charge in [0.15, 0.2) is 5.38 Å². The Morgan fingerprint density at radius 2 is 2.29 bits per heavy atom. The van der Waals surface area contributed by atoms with Gasteiger partial charge >= 0.3 is 5.97 Å². The highest BCUT2D eigenvalue weighted by atomic mass is 35.5. The first-order valence-electron chi connectivity index (χ1n) is 4.66. The number of ether oxygens (including phenoxy) is 1. The van der Waals surface area contributed by atoms with Crippen molar-refractivity contribution in [3.8, 4) is 5.75 Å². The van der Waals surface area contributed by atoms with Crippen LogP contribution in [0.15, 0.2) is 18.2 Å². The number of nitrogens with zero attached hydrogens (tertiary/aromatic N) is 1. The molecule has 0 aromatic heterocycles. The molecule has 0 aliphatic heterocycles. The molecule has 1 aromatic carbocycles. The largest absolute Gasteiger partial charge is 0.491 e. The Bertz CT molecular complexity index is 448. The number of carboxylic acids is 1. The van der Waals surface area contributed by atoms with Crippen molar-refractivity contribution < 1.29 is 19.6 Å². The predicted molar refractivity (Wildman–Crippen MR) is 60.6 cm³/mol. The van der Waals surface area contributed by atoms with E-state index in [0.29, 0.717) is 11.3 Å². The van der Waals surface area contributed by atoms with E-state index in [1.165, 1.54) is 18.2 Å². The van der Waals surface area contributed by atoms with Gasteiger partial charge in [0, 0.05) is 12.1 Å². The average Bonchev–Trinajstić information content (AvgIpc) is 2.26. The van der Waals surface area contributed by atoms with E-state index in [4.69, 9.17) is 21.4 Å². The average molecular weight is 260 g/mol. The summed E-state index contributed by atoms with van der Waals surface area (Å²) in [5, 5.41) is 17.9. The summed E-state index contributed by atoms with van der Waals surface area (Å²) in [6, 6.07) is 4.05. The Kier molecular flexibility index (Phi) is 4.28. The van der Waals surface area contributed by atoms with E-state index < -0.39 is 16.3 Å². The minimum atomic E-state index is -1.17. The van der Waals surface area contributed by atoms with Crippen molar-refractivity contribution in [2.24, 2.45) is 0 Å². The fourth-order valence-corrected chi connectivity index (χ4v) is 1.21. The third-order valence-corrected chi connectivity index (χ3v) is 2.34. The number of halogens is 1. The van der Waals surface area contributed by atoms with Gasteiger partial charge < -0.3 is 9.84 Å². The van der Waals surface area contributed by atoms with Crippen molar-refractivity contribution in [1.82, 2.24) is 0 Å². The van der Waals surface area contributed by atoms with Crippen molar-refractivity contribution in [2.75, 3.05) is 6.61 Å². The number of benzene rings is 1. The lowest BCUT2D eigenvalue weighted by Gasteiger charge is -2.10. The van der Waals surface area contributed by atoms with Gasteiger partial charge in [0.2, 0.25) is 0 Å². The molecular weight excluding hydrogens is 250 g/mol. The van der Waals surface area contributed by atoms with E-state index in [9.17, 15) is 14.9 Å². The van der Waals surface area contributed by atoms with E-state index in [1.54, 1.807) is 6.92 Å². The standard InChI is InChI=1S/C10H10ClNO5/c1-6-4-7(12(15)16)2-3-9(6)17-5-8(11)10(13)14/h2-4,8H,5H2,1H3,(H,13,14). The molecular formula is C10H10ClNO5. The molecule has 0 aliphatic carbocycles. The summed E-state index contributed by atoms with van der Waals surface area (Å²) in [5.41, 5.74) is 0.504. The van der Waals surface area contributed by atoms with Crippen LogP contribution in [0.5, 0.6) is 5.75 Å². The number of aryl methyl sites for hydroxylation is 1. The lowest BCUT2D eigenvalue weighted by molar-refractivity contribution is -0.384. The minimum absolute atomic E-state index is 0.0458. The molecule has 1 N–H and O–H groups in total. The van der Waals surface area contributed by atoms with Crippen LogP contribution in [0.1, 0.15) is 5.56 Å². The van der Waals surface area contributed by atoms with Gasteiger partial charge in [-0.2, -0.15) is 0 Å². The monoisotopic (exact) mass is 259 g/mol. The van der Waals surface area contributed by atoms with Crippen molar-refractivity contribution in [3.05, 3.63) is 33.9 Å². The third-order valence-electron chi connectivity index (χ3n) is 2.02. The molecule has 1 rings (SSSR count). The number of alkyl halides is 1. The van der Waals surface area contributed by atoms with E-state index in [-0.39, 0.29) is 12.3 Å². The Labute approximate surface area is 102 Å². The molecule has 0 heterocycles. The van der Waals surface area contributed by atoms with Crippen molar-refractivity contribution in [3.63, 3.8) is 0 Å². The number of hydrogen-bond acceptors (Lipinski definition) is 4. The number of rotatable bonds is 5. The fraction of sp³-hybridized carbons (Fsp3) is 0.300. The summed E-state index contributed by atoms with van der Waals surface area (Å²) < 4.78 is 5.16. The molecule has 0 saturated heterocycles. The van der Waals surface area contributed by atoms with Crippen LogP contribution in [0.4, 0.5) is 5.69 Å². The van der Waals surface area contributed by atoms with Gasteiger partial charge in [-0.15, -0.1) is 11.6 Å². The number of aliphatic carboxylic acids is 1. The number of carbonyl (C=O) groups is 1. The Balaban J connectivity index is 2.73. The normalized spacial score (nSPS) is 11.9. The molecule has 6 nitrogen and oxygen atoms in total. The Morgan fingerprint density at radius 3 is 2.76 bits per heavy atom. The van der Waals surface area contributed by atoms with Gasteiger partial charge in [-0.3, -0.25) is 14.9 Å². The molecule has 7 heteroatoms. The highest BCUT2D eigenvalue weighted by Gasteiger charge is 2.15. The summed E-state index contributed by atoms with van der Waals surface area (Å²) >= 11 is 5.47.